The van der Waals surface area contributed by atoms with Gasteiger partial charge in [-0.25, -0.2) is 4.79 Å². The van der Waals surface area contributed by atoms with Gasteiger partial charge < -0.3 is 4.74 Å². The number of fused-ring (bicyclic) bond motifs is 2. The molecule has 0 aliphatic rings. The van der Waals surface area contributed by atoms with Crippen molar-refractivity contribution in [3.8, 4) is 0 Å². The van der Waals surface area contributed by atoms with Gasteiger partial charge in [0.25, 0.3) is 0 Å². The molecule has 22 heavy (non-hydrogen) atoms. The highest BCUT2D eigenvalue weighted by Gasteiger charge is 2.06. The zero-order valence-electron chi connectivity index (χ0n) is 12.6. The second-order valence-electron chi connectivity index (χ2n) is 5.50. The number of ether oxygens (including phenoxy) is 1. The molecule has 0 saturated heterocycles. The average molecular weight is 290 g/mol. The minimum Gasteiger partial charge on any atom is -0.462 e. The van der Waals surface area contributed by atoms with Gasteiger partial charge in [-0.1, -0.05) is 49.0 Å². The highest BCUT2D eigenvalue weighted by molar-refractivity contribution is 5.99. The molecule has 0 radical (unpaired) electrons. The molecular formula is C20H18O2. The summed E-state index contributed by atoms with van der Waals surface area (Å²) in [4.78, 5) is 11.4. The maximum Gasteiger partial charge on any atom is 0.333 e. The Kier molecular flexibility index (Phi) is 3.92. The van der Waals surface area contributed by atoms with E-state index in [-0.39, 0.29) is 5.97 Å². The van der Waals surface area contributed by atoms with Crippen LogP contribution in [-0.4, -0.2) is 12.6 Å². The van der Waals surface area contributed by atoms with E-state index < -0.39 is 0 Å². The zero-order chi connectivity index (χ0) is 15.5. The molecule has 110 valence electrons. The van der Waals surface area contributed by atoms with Crippen LogP contribution in [0.25, 0.3) is 21.5 Å². The van der Waals surface area contributed by atoms with Gasteiger partial charge in [0.15, 0.2) is 0 Å². The van der Waals surface area contributed by atoms with Gasteiger partial charge >= 0.3 is 5.97 Å². The SMILES string of the molecule is C=C(C)C(=O)OCCc1cccc2cc3ccccc3cc12. The van der Waals surface area contributed by atoms with Crippen LogP contribution in [0.2, 0.25) is 0 Å². The lowest BCUT2D eigenvalue weighted by Crippen LogP contribution is -2.08. The van der Waals surface area contributed by atoms with Crippen molar-refractivity contribution in [2.24, 2.45) is 0 Å². The molecule has 3 rings (SSSR count). The number of rotatable bonds is 4. The summed E-state index contributed by atoms with van der Waals surface area (Å²) in [6, 6.07) is 19.0. The van der Waals surface area contributed by atoms with E-state index in [2.05, 4.69) is 49.0 Å². The Morgan fingerprint density at radius 3 is 2.41 bits per heavy atom. The summed E-state index contributed by atoms with van der Waals surface area (Å²) in [5, 5.41) is 4.89. The minimum absolute atomic E-state index is 0.328. The molecule has 0 aliphatic carbocycles. The standard InChI is InChI=1S/C20H18O2/c1-14(2)20(21)22-11-10-15-8-5-9-18-12-16-6-3-4-7-17(16)13-19(15)18/h3-9,12-13H,1,10-11H2,2H3. The predicted octanol–water partition coefficient (Wildman–Crippen LogP) is 4.65. The average Bonchev–Trinajstić information content (AvgIpc) is 2.53. The van der Waals surface area contributed by atoms with Crippen LogP contribution in [-0.2, 0) is 16.0 Å². The number of hydrogen-bond donors (Lipinski definition) is 0. The third kappa shape index (κ3) is 2.86. The third-order valence-electron chi connectivity index (χ3n) is 3.79. The Hall–Kier alpha value is -2.61. The fourth-order valence-corrected chi connectivity index (χ4v) is 2.63. The third-order valence-corrected chi connectivity index (χ3v) is 3.79. The summed E-state index contributed by atoms with van der Waals surface area (Å²) < 4.78 is 5.21. The molecule has 0 aliphatic heterocycles. The first-order valence-corrected chi connectivity index (χ1v) is 7.38. The molecule has 0 aromatic heterocycles. The fourth-order valence-electron chi connectivity index (χ4n) is 2.63. The summed E-state index contributed by atoms with van der Waals surface area (Å²) in [5.41, 5.74) is 1.63. The van der Waals surface area contributed by atoms with Crippen LogP contribution in [0.15, 0.2) is 66.7 Å². The second-order valence-corrected chi connectivity index (χ2v) is 5.50. The summed E-state index contributed by atoms with van der Waals surface area (Å²) >= 11 is 0. The molecule has 0 fully saturated rings. The Balaban J connectivity index is 1.91. The number of carbonyl (C=O) groups is 1. The van der Waals surface area contributed by atoms with E-state index in [1.54, 1.807) is 6.92 Å². The molecule has 0 atom stereocenters. The molecule has 2 heteroatoms. The van der Waals surface area contributed by atoms with Gasteiger partial charge in [0, 0.05) is 12.0 Å². The number of carbonyl (C=O) groups excluding carboxylic acids is 1. The van der Waals surface area contributed by atoms with Gasteiger partial charge in [-0.2, -0.15) is 0 Å². The topological polar surface area (TPSA) is 26.3 Å². The quantitative estimate of drug-likeness (QED) is 0.397. The summed E-state index contributed by atoms with van der Waals surface area (Å²) in [7, 11) is 0. The van der Waals surface area contributed by atoms with E-state index in [1.807, 2.05) is 12.1 Å². The molecule has 2 nitrogen and oxygen atoms in total. The Bertz CT molecular complexity index is 862. The van der Waals surface area contributed by atoms with Crippen molar-refractivity contribution in [1.82, 2.24) is 0 Å². The molecule has 3 aromatic rings. The van der Waals surface area contributed by atoms with Crippen molar-refractivity contribution in [2.45, 2.75) is 13.3 Å². The van der Waals surface area contributed by atoms with Gasteiger partial charge in [0.1, 0.15) is 0 Å². The number of hydrogen-bond acceptors (Lipinski definition) is 2. The second kappa shape index (κ2) is 6.02. The van der Waals surface area contributed by atoms with Crippen molar-refractivity contribution in [2.75, 3.05) is 6.61 Å². The van der Waals surface area contributed by atoms with Crippen molar-refractivity contribution in [1.29, 1.82) is 0 Å². The van der Waals surface area contributed by atoms with Crippen LogP contribution >= 0.6 is 0 Å². The number of esters is 1. The van der Waals surface area contributed by atoms with Gasteiger partial charge in [-0.3, -0.25) is 0 Å². The van der Waals surface area contributed by atoms with Crippen molar-refractivity contribution >= 4 is 27.5 Å². The normalized spacial score (nSPS) is 10.8. The summed E-state index contributed by atoms with van der Waals surface area (Å²) in [6.07, 6.45) is 0.703. The first-order chi connectivity index (χ1) is 10.6. The Morgan fingerprint density at radius 1 is 1.00 bits per heavy atom. The van der Waals surface area contributed by atoms with Crippen LogP contribution in [0.5, 0.6) is 0 Å². The van der Waals surface area contributed by atoms with E-state index in [1.165, 1.54) is 27.1 Å². The maximum absolute atomic E-state index is 11.4. The largest absolute Gasteiger partial charge is 0.462 e. The fraction of sp³-hybridized carbons (Fsp3) is 0.150. The van der Waals surface area contributed by atoms with Crippen LogP contribution in [0, 0.1) is 0 Å². The van der Waals surface area contributed by atoms with Crippen LogP contribution in [0.1, 0.15) is 12.5 Å². The zero-order valence-corrected chi connectivity index (χ0v) is 12.6. The molecule has 0 heterocycles. The molecule has 3 aromatic carbocycles. The van der Waals surface area contributed by atoms with E-state index in [0.29, 0.717) is 18.6 Å². The summed E-state index contributed by atoms with van der Waals surface area (Å²) in [5.74, 6) is -0.328. The van der Waals surface area contributed by atoms with E-state index in [9.17, 15) is 4.79 Å². The van der Waals surface area contributed by atoms with Crippen LogP contribution in [0.3, 0.4) is 0 Å². The lowest BCUT2D eigenvalue weighted by Gasteiger charge is -2.09. The molecule has 0 spiro atoms. The monoisotopic (exact) mass is 290 g/mol. The predicted molar refractivity (Wildman–Crippen MR) is 90.9 cm³/mol. The molecule has 0 bridgehead atoms. The highest BCUT2D eigenvalue weighted by Crippen LogP contribution is 2.25. The lowest BCUT2D eigenvalue weighted by molar-refractivity contribution is -0.138. The van der Waals surface area contributed by atoms with Crippen molar-refractivity contribution in [3.63, 3.8) is 0 Å². The highest BCUT2D eigenvalue weighted by atomic mass is 16.5. The van der Waals surface area contributed by atoms with E-state index >= 15 is 0 Å². The first kappa shape index (κ1) is 14.3. The molecule has 0 unspecified atom stereocenters. The minimum atomic E-state index is -0.328. The van der Waals surface area contributed by atoms with E-state index in [0.717, 1.165) is 0 Å². The van der Waals surface area contributed by atoms with Gasteiger partial charge in [0.05, 0.1) is 6.61 Å². The maximum atomic E-state index is 11.4. The molecular weight excluding hydrogens is 272 g/mol. The number of benzene rings is 3. The smallest absolute Gasteiger partial charge is 0.333 e. The van der Waals surface area contributed by atoms with Crippen LogP contribution < -0.4 is 0 Å². The van der Waals surface area contributed by atoms with Gasteiger partial charge in [-0.05, 0) is 46.2 Å². The lowest BCUT2D eigenvalue weighted by atomic mass is 9.98. The van der Waals surface area contributed by atoms with Crippen molar-refractivity contribution in [3.05, 3.63) is 72.3 Å². The molecule has 0 N–H and O–H groups in total. The Morgan fingerprint density at radius 2 is 1.68 bits per heavy atom. The van der Waals surface area contributed by atoms with Crippen LogP contribution in [0.4, 0.5) is 0 Å². The first-order valence-electron chi connectivity index (χ1n) is 7.38. The van der Waals surface area contributed by atoms with Gasteiger partial charge in [-0.15, -0.1) is 0 Å². The molecule has 0 saturated carbocycles. The molecule has 0 amide bonds. The Labute approximate surface area is 130 Å². The summed E-state index contributed by atoms with van der Waals surface area (Å²) in [6.45, 7) is 5.62. The van der Waals surface area contributed by atoms with Gasteiger partial charge in [0.2, 0.25) is 0 Å². The van der Waals surface area contributed by atoms with Crippen molar-refractivity contribution < 1.29 is 9.53 Å². The van der Waals surface area contributed by atoms with E-state index in [4.69, 9.17) is 4.74 Å².